The minimum Gasteiger partial charge on any atom is -0.504 e. The Labute approximate surface area is 170 Å². The van der Waals surface area contributed by atoms with Gasteiger partial charge < -0.3 is 25.2 Å². The van der Waals surface area contributed by atoms with Gasteiger partial charge in [-0.3, -0.25) is 9.59 Å². The van der Waals surface area contributed by atoms with Crippen molar-refractivity contribution in [3.8, 4) is 11.5 Å². The van der Waals surface area contributed by atoms with Crippen LogP contribution in [0.4, 0.5) is 0 Å². The summed E-state index contributed by atoms with van der Waals surface area (Å²) in [5, 5.41) is 23.1. The highest BCUT2D eigenvalue weighted by molar-refractivity contribution is 5.74. The summed E-state index contributed by atoms with van der Waals surface area (Å²) in [4.78, 5) is 25.5. The molecular weight excluding hydrogens is 372 g/mol. The number of carbonyl (C=O) groups is 2. The molecule has 4 aliphatic rings. The van der Waals surface area contributed by atoms with E-state index in [0.717, 1.165) is 48.9 Å². The molecule has 2 aliphatic heterocycles. The first-order chi connectivity index (χ1) is 13.8. The minimum absolute atomic E-state index is 0.0426. The number of amides is 1. The van der Waals surface area contributed by atoms with Gasteiger partial charge in [-0.05, 0) is 68.8 Å². The maximum absolute atomic E-state index is 11.8. The molecule has 1 saturated heterocycles. The average molecular weight is 400 g/mol. The smallest absolute Gasteiger partial charge is 0.303 e. The van der Waals surface area contributed by atoms with Crippen LogP contribution in [0.5, 0.6) is 11.5 Å². The predicted molar refractivity (Wildman–Crippen MR) is 105 cm³/mol. The SMILES string of the molecule is CC(=O)NC1CCC2C3Cc4c(CCC(=O)O)cc(O)c5c4C2(CCN3C)C1O5. The number of benzene rings is 1. The van der Waals surface area contributed by atoms with Crippen LogP contribution < -0.4 is 10.1 Å². The van der Waals surface area contributed by atoms with E-state index >= 15 is 0 Å². The Bertz CT molecular complexity index is 900. The lowest BCUT2D eigenvalue weighted by Crippen LogP contribution is -2.68. The number of carboxylic acids is 1. The molecule has 7 heteroatoms. The summed E-state index contributed by atoms with van der Waals surface area (Å²) in [6.07, 6.45) is 3.93. The molecule has 5 rings (SSSR count). The van der Waals surface area contributed by atoms with Crippen molar-refractivity contribution in [2.24, 2.45) is 5.92 Å². The summed E-state index contributed by atoms with van der Waals surface area (Å²) < 4.78 is 6.44. The highest BCUT2D eigenvalue weighted by Crippen LogP contribution is 2.64. The number of piperidine rings is 1. The summed E-state index contributed by atoms with van der Waals surface area (Å²) in [6, 6.07) is 2.00. The van der Waals surface area contributed by atoms with E-state index in [-0.39, 0.29) is 35.6 Å². The molecule has 2 fully saturated rings. The molecule has 156 valence electrons. The standard InChI is InChI=1S/C22H28N2O5/c1-11(25)23-15-5-4-14-16-10-13-12(3-6-18(27)28)9-17(26)20-19(13)22(14,21(15)29-20)7-8-24(16)2/h9,14-16,21,26H,3-8,10H2,1-2H3,(H,23,25)(H,27,28). The number of aryl methyl sites for hydroxylation is 1. The first-order valence-electron chi connectivity index (χ1n) is 10.6. The van der Waals surface area contributed by atoms with Crippen molar-refractivity contribution in [2.45, 2.75) is 69.1 Å². The largest absolute Gasteiger partial charge is 0.504 e. The van der Waals surface area contributed by atoms with E-state index in [2.05, 4.69) is 17.3 Å². The van der Waals surface area contributed by atoms with E-state index in [1.807, 2.05) is 0 Å². The molecule has 0 aromatic heterocycles. The van der Waals surface area contributed by atoms with E-state index in [4.69, 9.17) is 4.74 Å². The number of nitrogens with zero attached hydrogens (tertiary/aromatic N) is 1. The Kier molecular flexibility index (Phi) is 4.11. The zero-order chi connectivity index (χ0) is 20.5. The Morgan fingerprint density at radius 3 is 2.90 bits per heavy atom. The quantitative estimate of drug-likeness (QED) is 0.710. The summed E-state index contributed by atoms with van der Waals surface area (Å²) in [7, 11) is 2.17. The molecule has 2 heterocycles. The van der Waals surface area contributed by atoms with Gasteiger partial charge in [-0.15, -0.1) is 0 Å². The van der Waals surface area contributed by atoms with Crippen molar-refractivity contribution in [3.05, 3.63) is 22.8 Å². The van der Waals surface area contributed by atoms with E-state index in [1.165, 1.54) is 6.92 Å². The van der Waals surface area contributed by atoms with Crippen molar-refractivity contribution in [2.75, 3.05) is 13.6 Å². The molecule has 0 radical (unpaired) electrons. The average Bonchev–Trinajstić information content (AvgIpc) is 3.01. The highest BCUT2D eigenvalue weighted by Gasteiger charge is 2.65. The summed E-state index contributed by atoms with van der Waals surface area (Å²) in [5.74, 6) is 0.189. The van der Waals surface area contributed by atoms with Gasteiger partial charge in [0, 0.05) is 30.4 Å². The molecule has 2 aliphatic carbocycles. The number of likely N-dealkylation sites (tertiary alicyclic amines) is 1. The maximum Gasteiger partial charge on any atom is 0.303 e. The van der Waals surface area contributed by atoms with Gasteiger partial charge in [0.15, 0.2) is 11.5 Å². The van der Waals surface area contributed by atoms with Gasteiger partial charge in [-0.2, -0.15) is 0 Å². The molecule has 1 saturated carbocycles. The Morgan fingerprint density at radius 2 is 2.17 bits per heavy atom. The van der Waals surface area contributed by atoms with Gasteiger partial charge in [0.25, 0.3) is 0 Å². The first kappa shape index (κ1) is 18.7. The lowest BCUT2D eigenvalue weighted by molar-refractivity contribution is -0.137. The molecule has 5 unspecified atom stereocenters. The number of phenols is 1. The maximum atomic E-state index is 11.8. The topological polar surface area (TPSA) is 99.1 Å². The van der Waals surface area contributed by atoms with Crippen LogP contribution in [0.2, 0.25) is 0 Å². The first-order valence-corrected chi connectivity index (χ1v) is 10.6. The lowest BCUT2D eigenvalue weighted by atomic mass is 9.50. The molecule has 3 N–H and O–H groups in total. The van der Waals surface area contributed by atoms with Gasteiger partial charge in [0.2, 0.25) is 5.91 Å². The van der Waals surface area contributed by atoms with E-state index in [9.17, 15) is 19.8 Å². The van der Waals surface area contributed by atoms with Crippen molar-refractivity contribution < 1.29 is 24.5 Å². The van der Waals surface area contributed by atoms with Gasteiger partial charge in [0.1, 0.15) is 6.10 Å². The molecular formula is C22H28N2O5. The van der Waals surface area contributed by atoms with E-state index < -0.39 is 5.97 Å². The van der Waals surface area contributed by atoms with Crippen molar-refractivity contribution in [3.63, 3.8) is 0 Å². The van der Waals surface area contributed by atoms with Crippen molar-refractivity contribution in [1.82, 2.24) is 10.2 Å². The van der Waals surface area contributed by atoms with Gasteiger partial charge >= 0.3 is 5.97 Å². The van der Waals surface area contributed by atoms with Crippen LogP contribution in [0.1, 0.15) is 49.3 Å². The van der Waals surface area contributed by atoms with E-state index in [0.29, 0.717) is 24.1 Å². The number of likely N-dealkylation sites (N-methyl/N-ethyl adjacent to an activating group) is 1. The number of phenolic OH excluding ortho intramolecular Hbond substituents is 1. The molecule has 1 spiro atoms. The van der Waals surface area contributed by atoms with Crippen LogP contribution in [0, 0.1) is 5.92 Å². The number of ether oxygens (including phenoxy) is 1. The summed E-state index contributed by atoms with van der Waals surface area (Å²) in [6.45, 7) is 2.49. The number of hydrogen-bond acceptors (Lipinski definition) is 5. The Balaban J connectivity index is 1.68. The van der Waals surface area contributed by atoms with Crippen LogP contribution in [0.25, 0.3) is 0 Å². The Hall–Kier alpha value is -2.28. The zero-order valence-electron chi connectivity index (χ0n) is 16.9. The third-order valence-electron chi connectivity index (χ3n) is 7.81. The molecule has 7 nitrogen and oxygen atoms in total. The fourth-order valence-electron chi connectivity index (χ4n) is 6.77. The molecule has 1 aromatic carbocycles. The number of nitrogens with one attached hydrogen (secondary N) is 1. The van der Waals surface area contributed by atoms with Crippen LogP contribution in [0.15, 0.2) is 6.07 Å². The van der Waals surface area contributed by atoms with E-state index in [1.54, 1.807) is 6.07 Å². The monoisotopic (exact) mass is 400 g/mol. The predicted octanol–water partition coefficient (Wildman–Crippen LogP) is 1.58. The number of aromatic hydroxyl groups is 1. The van der Waals surface area contributed by atoms with Crippen LogP contribution in [0.3, 0.4) is 0 Å². The zero-order valence-corrected chi connectivity index (χ0v) is 16.9. The lowest BCUT2D eigenvalue weighted by Gasteiger charge is -2.59. The Morgan fingerprint density at radius 1 is 1.38 bits per heavy atom. The number of rotatable bonds is 4. The third-order valence-corrected chi connectivity index (χ3v) is 7.81. The second kappa shape index (κ2) is 6.36. The molecule has 5 atom stereocenters. The minimum atomic E-state index is -0.834. The number of aliphatic carboxylic acids is 1. The second-order valence-electron chi connectivity index (χ2n) is 9.20. The number of hydrogen-bond donors (Lipinski definition) is 3. The molecule has 2 bridgehead atoms. The van der Waals surface area contributed by atoms with Crippen molar-refractivity contribution in [1.29, 1.82) is 0 Å². The number of carbonyl (C=O) groups excluding carboxylic acids is 1. The highest BCUT2D eigenvalue weighted by atomic mass is 16.5. The molecule has 1 amide bonds. The van der Waals surface area contributed by atoms with Crippen LogP contribution in [-0.2, 0) is 27.8 Å². The van der Waals surface area contributed by atoms with Gasteiger partial charge in [-0.1, -0.05) is 0 Å². The second-order valence-corrected chi connectivity index (χ2v) is 9.20. The van der Waals surface area contributed by atoms with Gasteiger partial charge in [0.05, 0.1) is 6.04 Å². The summed E-state index contributed by atoms with van der Waals surface area (Å²) >= 11 is 0. The summed E-state index contributed by atoms with van der Waals surface area (Å²) in [5.41, 5.74) is 2.97. The van der Waals surface area contributed by atoms with Crippen LogP contribution in [-0.4, -0.2) is 58.8 Å². The van der Waals surface area contributed by atoms with Crippen molar-refractivity contribution >= 4 is 11.9 Å². The normalized spacial score (nSPS) is 34.3. The number of carboxylic acid groups (broad SMARTS) is 1. The third kappa shape index (κ3) is 2.52. The van der Waals surface area contributed by atoms with Crippen LogP contribution >= 0.6 is 0 Å². The van der Waals surface area contributed by atoms with Gasteiger partial charge in [-0.25, -0.2) is 0 Å². The fraction of sp³-hybridized carbons (Fsp3) is 0.636. The molecule has 1 aromatic rings. The molecule has 29 heavy (non-hydrogen) atoms. The fourth-order valence-corrected chi connectivity index (χ4v) is 6.77.